The summed E-state index contributed by atoms with van der Waals surface area (Å²) in [5.74, 6) is 1.30. The monoisotopic (exact) mass is 265 g/mol. The molecule has 1 aromatic heterocycles. The molecule has 0 radical (unpaired) electrons. The summed E-state index contributed by atoms with van der Waals surface area (Å²) in [5, 5.41) is 3.86. The lowest BCUT2D eigenvalue weighted by Gasteiger charge is -2.03. The van der Waals surface area contributed by atoms with Gasteiger partial charge in [0.15, 0.2) is 5.76 Å². The van der Waals surface area contributed by atoms with Crippen molar-refractivity contribution in [2.75, 3.05) is 0 Å². The van der Waals surface area contributed by atoms with Crippen LogP contribution in [0.3, 0.4) is 0 Å². The zero-order valence-electron chi connectivity index (χ0n) is 8.70. The van der Waals surface area contributed by atoms with E-state index in [2.05, 4.69) is 34.9 Å². The third-order valence-electron chi connectivity index (χ3n) is 2.33. The van der Waals surface area contributed by atoms with E-state index in [0.717, 1.165) is 21.4 Å². The summed E-state index contributed by atoms with van der Waals surface area (Å²) in [6, 6.07) is 8.05. The molecule has 0 spiro atoms. The Labute approximate surface area is 97.4 Å². The average Bonchev–Trinajstić information content (AvgIpc) is 2.67. The van der Waals surface area contributed by atoms with Gasteiger partial charge in [0.2, 0.25) is 0 Å². The maximum absolute atomic E-state index is 5.29. The first-order valence-electron chi connectivity index (χ1n) is 4.89. The zero-order chi connectivity index (χ0) is 10.8. The maximum atomic E-state index is 5.29. The Morgan fingerprint density at radius 3 is 2.47 bits per heavy atom. The number of hydrogen-bond donors (Lipinski definition) is 0. The molecule has 0 amide bonds. The van der Waals surface area contributed by atoms with Gasteiger partial charge in [-0.2, -0.15) is 0 Å². The minimum absolute atomic E-state index is 0.426. The van der Waals surface area contributed by atoms with Crippen LogP contribution < -0.4 is 0 Å². The molecular weight excluding hydrogens is 254 g/mol. The van der Waals surface area contributed by atoms with Gasteiger partial charge in [-0.25, -0.2) is 0 Å². The first-order chi connectivity index (χ1) is 7.18. The molecule has 0 saturated carbocycles. The number of benzene rings is 1. The van der Waals surface area contributed by atoms with Gasteiger partial charge in [-0.05, 0) is 18.1 Å². The molecule has 0 aliphatic heterocycles. The predicted molar refractivity (Wildman–Crippen MR) is 63.7 cm³/mol. The minimum atomic E-state index is 0.426. The van der Waals surface area contributed by atoms with Crippen molar-refractivity contribution < 1.29 is 4.52 Å². The van der Waals surface area contributed by atoms with Gasteiger partial charge >= 0.3 is 0 Å². The van der Waals surface area contributed by atoms with Crippen LogP contribution in [0.15, 0.2) is 39.5 Å². The molecule has 0 bridgehead atoms. The van der Waals surface area contributed by atoms with Gasteiger partial charge in [0, 0.05) is 15.6 Å². The Kier molecular flexibility index (Phi) is 2.91. The van der Waals surface area contributed by atoms with Crippen molar-refractivity contribution in [3.63, 3.8) is 0 Å². The molecule has 0 atom stereocenters. The number of halogens is 1. The van der Waals surface area contributed by atoms with Crippen LogP contribution >= 0.6 is 15.9 Å². The second-order valence-electron chi connectivity index (χ2n) is 3.77. The fraction of sp³-hybridized carbons (Fsp3) is 0.250. The van der Waals surface area contributed by atoms with Crippen LogP contribution in [0.2, 0.25) is 0 Å². The van der Waals surface area contributed by atoms with Crippen LogP contribution in [-0.4, -0.2) is 5.16 Å². The molecular formula is C12H12BrNO. The van der Waals surface area contributed by atoms with E-state index in [1.54, 1.807) is 6.20 Å². The van der Waals surface area contributed by atoms with E-state index >= 15 is 0 Å². The van der Waals surface area contributed by atoms with Crippen LogP contribution in [0, 0.1) is 0 Å². The van der Waals surface area contributed by atoms with E-state index in [-0.39, 0.29) is 0 Å². The lowest BCUT2D eigenvalue weighted by Crippen LogP contribution is -1.87. The van der Waals surface area contributed by atoms with E-state index in [4.69, 9.17) is 4.52 Å². The molecule has 15 heavy (non-hydrogen) atoms. The van der Waals surface area contributed by atoms with Crippen molar-refractivity contribution >= 4 is 15.9 Å². The van der Waals surface area contributed by atoms with Crippen molar-refractivity contribution in [2.24, 2.45) is 0 Å². The molecule has 2 rings (SSSR count). The lowest BCUT2D eigenvalue weighted by atomic mass is 10.0. The highest BCUT2D eigenvalue weighted by Crippen LogP contribution is 2.29. The molecule has 0 aliphatic rings. The first-order valence-corrected chi connectivity index (χ1v) is 5.68. The molecule has 0 unspecified atom stereocenters. The highest BCUT2D eigenvalue weighted by Gasteiger charge is 2.13. The summed E-state index contributed by atoms with van der Waals surface area (Å²) < 4.78 is 6.35. The summed E-state index contributed by atoms with van der Waals surface area (Å²) in [6.07, 6.45) is 1.79. The zero-order valence-corrected chi connectivity index (χ0v) is 10.3. The van der Waals surface area contributed by atoms with Gasteiger partial charge < -0.3 is 4.52 Å². The summed E-state index contributed by atoms with van der Waals surface area (Å²) in [4.78, 5) is 0. The Morgan fingerprint density at radius 2 is 1.87 bits per heavy atom. The molecule has 3 heteroatoms. The third kappa shape index (κ3) is 2.12. The minimum Gasteiger partial charge on any atom is -0.356 e. The number of aromatic nitrogens is 1. The number of nitrogens with zero attached hydrogens (tertiary/aromatic N) is 1. The van der Waals surface area contributed by atoms with Crippen molar-refractivity contribution in [1.29, 1.82) is 0 Å². The van der Waals surface area contributed by atoms with Crippen LogP contribution in [0.4, 0.5) is 0 Å². The summed E-state index contributed by atoms with van der Waals surface area (Å²) in [7, 11) is 0. The van der Waals surface area contributed by atoms with Gasteiger partial charge in [-0.15, -0.1) is 0 Å². The molecule has 2 nitrogen and oxygen atoms in total. The van der Waals surface area contributed by atoms with Crippen molar-refractivity contribution in [2.45, 2.75) is 19.8 Å². The Balaban J connectivity index is 2.45. The van der Waals surface area contributed by atoms with Gasteiger partial charge in [0.05, 0.1) is 6.20 Å². The predicted octanol–water partition coefficient (Wildman–Crippen LogP) is 4.23. The first kappa shape index (κ1) is 10.4. The van der Waals surface area contributed by atoms with E-state index in [0.29, 0.717) is 5.92 Å². The molecule has 1 aromatic carbocycles. The topological polar surface area (TPSA) is 26.0 Å². The molecule has 78 valence electrons. The lowest BCUT2D eigenvalue weighted by molar-refractivity contribution is 0.431. The smallest absolute Gasteiger partial charge is 0.170 e. The molecule has 0 aliphatic carbocycles. The normalized spacial score (nSPS) is 10.9. The quantitative estimate of drug-likeness (QED) is 0.813. The third-order valence-corrected chi connectivity index (χ3v) is 2.86. The average molecular weight is 266 g/mol. The second-order valence-corrected chi connectivity index (χ2v) is 4.69. The second kappa shape index (κ2) is 4.19. The van der Waals surface area contributed by atoms with Crippen molar-refractivity contribution in [3.8, 4) is 11.3 Å². The van der Waals surface area contributed by atoms with E-state index in [1.165, 1.54) is 0 Å². The molecule has 1 heterocycles. The highest BCUT2D eigenvalue weighted by molar-refractivity contribution is 9.10. The largest absolute Gasteiger partial charge is 0.356 e. The standard InChI is InChI=1S/C12H12BrNO/c1-8(2)11-7-14-15-12(11)9-3-5-10(13)6-4-9/h3-8H,1-2H3. The van der Waals surface area contributed by atoms with Crippen LogP contribution in [-0.2, 0) is 0 Å². The summed E-state index contributed by atoms with van der Waals surface area (Å²) in [6.45, 7) is 4.27. The molecule has 0 fully saturated rings. The van der Waals surface area contributed by atoms with Crippen molar-refractivity contribution in [1.82, 2.24) is 5.16 Å². The Bertz CT molecular complexity index is 445. The Morgan fingerprint density at radius 1 is 1.20 bits per heavy atom. The van der Waals surface area contributed by atoms with Crippen molar-refractivity contribution in [3.05, 3.63) is 40.5 Å². The van der Waals surface area contributed by atoms with Gasteiger partial charge in [0.25, 0.3) is 0 Å². The van der Waals surface area contributed by atoms with E-state index in [1.807, 2.05) is 24.3 Å². The van der Waals surface area contributed by atoms with Crippen LogP contribution in [0.1, 0.15) is 25.3 Å². The van der Waals surface area contributed by atoms with Gasteiger partial charge in [0.1, 0.15) is 0 Å². The van der Waals surface area contributed by atoms with E-state index < -0.39 is 0 Å². The SMILES string of the molecule is CC(C)c1cnoc1-c1ccc(Br)cc1. The number of hydrogen-bond acceptors (Lipinski definition) is 2. The molecule has 0 saturated heterocycles. The fourth-order valence-corrected chi connectivity index (χ4v) is 1.74. The molecule has 2 aromatic rings. The summed E-state index contributed by atoms with van der Waals surface area (Å²) >= 11 is 3.41. The number of rotatable bonds is 2. The van der Waals surface area contributed by atoms with E-state index in [9.17, 15) is 0 Å². The summed E-state index contributed by atoms with van der Waals surface area (Å²) in [5.41, 5.74) is 2.22. The maximum Gasteiger partial charge on any atom is 0.170 e. The van der Waals surface area contributed by atoms with Gasteiger partial charge in [-0.1, -0.05) is 47.1 Å². The molecule has 0 N–H and O–H groups in total. The fourth-order valence-electron chi connectivity index (χ4n) is 1.48. The van der Waals surface area contributed by atoms with Gasteiger partial charge in [-0.3, -0.25) is 0 Å². The highest BCUT2D eigenvalue weighted by atomic mass is 79.9. The Hall–Kier alpha value is -1.09. The van der Waals surface area contributed by atoms with Crippen LogP contribution in [0.25, 0.3) is 11.3 Å². The van der Waals surface area contributed by atoms with Crippen LogP contribution in [0.5, 0.6) is 0 Å².